The lowest BCUT2D eigenvalue weighted by atomic mass is 9.89. The first-order chi connectivity index (χ1) is 14.2. The Morgan fingerprint density at radius 2 is 1.69 bits per heavy atom. The molecule has 1 N–H and O–H groups in total. The van der Waals surface area contributed by atoms with Crippen LogP contribution in [0, 0.1) is 0 Å². The van der Waals surface area contributed by atoms with Crippen molar-refractivity contribution >= 4 is 16.8 Å². The standard InChI is InChI=1S/C23H26N2O4/c1-27-20-9-8-17(21(28-2)22(20)29-3)23(26)25-12-10-15(11-13-25)18-14-24-19-7-5-4-6-16(18)19/h4-9,14-15,24H,10-13H2,1-3H3. The molecule has 0 saturated carbocycles. The molecular formula is C23H26N2O4. The van der Waals surface area contributed by atoms with Crippen LogP contribution in [0.3, 0.4) is 0 Å². The number of nitrogens with one attached hydrogen (secondary N) is 1. The number of piperidine rings is 1. The van der Waals surface area contributed by atoms with Crippen LogP contribution >= 0.6 is 0 Å². The summed E-state index contributed by atoms with van der Waals surface area (Å²) in [6, 6.07) is 11.9. The van der Waals surface area contributed by atoms with Crippen molar-refractivity contribution in [3.8, 4) is 17.2 Å². The summed E-state index contributed by atoms with van der Waals surface area (Å²) in [6.07, 6.45) is 3.98. The van der Waals surface area contributed by atoms with E-state index in [1.165, 1.54) is 18.1 Å². The molecule has 0 unspecified atom stereocenters. The summed E-state index contributed by atoms with van der Waals surface area (Å²) >= 11 is 0. The zero-order valence-corrected chi connectivity index (χ0v) is 17.0. The van der Waals surface area contributed by atoms with Crippen LogP contribution in [0.5, 0.6) is 17.2 Å². The van der Waals surface area contributed by atoms with Crippen LogP contribution in [-0.2, 0) is 0 Å². The number of carbonyl (C=O) groups is 1. The van der Waals surface area contributed by atoms with Crippen LogP contribution in [-0.4, -0.2) is 50.2 Å². The number of nitrogens with zero attached hydrogens (tertiary/aromatic N) is 1. The number of methoxy groups -OCH3 is 3. The third kappa shape index (κ3) is 3.39. The number of para-hydroxylation sites is 1. The molecule has 29 heavy (non-hydrogen) atoms. The molecule has 1 fully saturated rings. The van der Waals surface area contributed by atoms with Gasteiger partial charge in [-0.1, -0.05) is 18.2 Å². The highest BCUT2D eigenvalue weighted by Crippen LogP contribution is 2.41. The molecule has 0 aliphatic carbocycles. The van der Waals surface area contributed by atoms with Gasteiger partial charge in [0.1, 0.15) is 0 Å². The van der Waals surface area contributed by atoms with E-state index in [0.29, 0.717) is 41.8 Å². The maximum atomic E-state index is 13.2. The van der Waals surface area contributed by atoms with E-state index >= 15 is 0 Å². The Labute approximate surface area is 170 Å². The first-order valence-corrected chi connectivity index (χ1v) is 9.82. The zero-order chi connectivity index (χ0) is 20.4. The van der Waals surface area contributed by atoms with Gasteiger partial charge in [0.2, 0.25) is 5.75 Å². The Balaban J connectivity index is 1.52. The molecule has 0 radical (unpaired) electrons. The van der Waals surface area contributed by atoms with E-state index < -0.39 is 0 Å². The van der Waals surface area contributed by atoms with Crippen molar-refractivity contribution in [3.63, 3.8) is 0 Å². The number of aromatic nitrogens is 1. The van der Waals surface area contributed by atoms with Gasteiger partial charge in [0, 0.05) is 30.2 Å². The zero-order valence-electron chi connectivity index (χ0n) is 17.0. The third-order valence-corrected chi connectivity index (χ3v) is 5.78. The highest BCUT2D eigenvalue weighted by Gasteiger charge is 2.29. The Kier molecular flexibility index (Phi) is 5.34. The average Bonchev–Trinajstić information content (AvgIpc) is 3.21. The maximum absolute atomic E-state index is 13.2. The predicted molar refractivity (Wildman–Crippen MR) is 112 cm³/mol. The Hall–Kier alpha value is -3.15. The fourth-order valence-electron chi connectivity index (χ4n) is 4.27. The van der Waals surface area contributed by atoms with Crippen LogP contribution in [0.25, 0.3) is 10.9 Å². The van der Waals surface area contributed by atoms with E-state index in [2.05, 4.69) is 29.4 Å². The Morgan fingerprint density at radius 1 is 0.966 bits per heavy atom. The average molecular weight is 394 g/mol. The summed E-state index contributed by atoms with van der Waals surface area (Å²) < 4.78 is 16.2. The minimum Gasteiger partial charge on any atom is -0.493 e. The van der Waals surface area contributed by atoms with Gasteiger partial charge in [0.05, 0.1) is 26.9 Å². The van der Waals surface area contributed by atoms with Gasteiger partial charge in [-0.25, -0.2) is 0 Å². The number of amides is 1. The normalized spacial score (nSPS) is 14.8. The lowest BCUT2D eigenvalue weighted by Crippen LogP contribution is -2.38. The first kappa shape index (κ1) is 19.2. The van der Waals surface area contributed by atoms with Crippen LogP contribution in [0.4, 0.5) is 0 Å². The second-order valence-corrected chi connectivity index (χ2v) is 7.24. The van der Waals surface area contributed by atoms with Crippen LogP contribution in [0.2, 0.25) is 0 Å². The van der Waals surface area contributed by atoms with E-state index in [0.717, 1.165) is 18.4 Å². The molecule has 6 nitrogen and oxygen atoms in total. The summed E-state index contributed by atoms with van der Waals surface area (Å²) in [5, 5.41) is 1.28. The van der Waals surface area contributed by atoms with Crippen molar-refractivity contribution in [2.24, 2.45) is 0 Å². The van der Waals surface area contributed by atoms with Gasteiger partial charge >= 0.3 is 0 Å². The molecule has 0 atom stereocenters. The number of rotatable bonds is 5. The van der Waals surface area contributed by atoms with Gasteiger partial charge in [-0.3, -0.25) is 4.79 Å². The minimum atomic E-state index is -0.0415. The molecule has 4 rings (SSSR count). The number of carbonyl (C=O) groups excluding carboxylic acids is 1. The van der Waals surface area contributed by atoms with Crippen molar-refractivity contribution in [1.29, 1.82) is 0 Å². The van der Waals surface area contributed by atoms with Crippen molar-refractivity contribution in [2.45, 2.75) is 18.8 Å². The molecular weight excluding hydrogens is 368 g/mol. The molecule has 2 heterocycles. The van der Waals surface area contributed by atoms with E-state index in [9.17, 15) is 4.79 Å². The monoisotopic (exact) mass is 394 g/mol. The van der Waals surface area contributed by atoms with Crippen molar-refractivity contribution in [3.05, 3.63) is 53.7 Å². The quantitative estimate of drug-likeness (QED) is 0.704. The number of hydrogen-bond acceptors (Lipinski definition) is 4. The van der Waals surface area contributed by atoms with Crippen LogP contribution in [0.15, 0.2) is 42.6 Å². The number of benzene rings is 2. The molecule has 0 spiro atoms. The first-order valence-electron chi connectivity index (χ1n) is 9.82. The molecule has 1 aliphatic heterocycles. The summed E-state index contributed by atoms with van der Waals surface area (Å²) in [7, 11) is 4.65. The molecule has 1 aromatic heterocycles. The van der Waals surface area contributed by atoms with Crippen molar-refractivity contribution < 1.29 is 19.0 Å². The fourth-order valence-corrected chi connectivity index (χ4v) is 4.27. The fraction of sp³-hybridized carbons (Fsp3) is 0.348. The predicted octanol–water partition coefficient (Wildman–Crippen LogP) is 4.21. The van der Waals surface area contributed by atoms with Gasteiger partial charge in [0.25, 0.3) is 5.91 Å². The number of H-pyrrole nitrogens is 1. The highest BCUT2D eigenvalue weighted by molar-refractivity contribution is 5.98. The highest BCUT2D eigenvalue weighted by atomic mass is 16.5. The number of hydrogen-bond donors (Lipinski definition) is 1. The number of fused-ring (bicyclic) bond motifs is 1. The smallest absolute Gasteiger partial charge is 0.257 e. The largest absolute Gasteiger partial charge is 0.493 e. The van der Waals surface area contributed by atoms with E-state index in [1.807, 2.05) is 11.0 Å². The molecule has 6 heteroatoms. The van der Waals surface area contributed by atoms with E-state index in [4.69, 9.17) is 14.2 Å². The molecule has 1 aliphatic rings. The lowest BCUT2D eigenvalue weighted by molar-refractivity contribution is 0.0709. The molecule has 1 saturated heterocycles. The lowest BCUT2D eigenvalue weighted by Gasteiger charge is -2.32. The van der Waals surface area contributed by atoms with Gasteiger partial charge in [0.15, 0.2) is 11.5 Å². The van der Waals surface area contributed by atoms with E-state index in [1.54, 1.807) is 26.4 Å². The van der Waals surface area contributed by atoms with Gasteiger partial charge in [-0.05, 0) is 42.5 Å². The summed E-state index contributed by atoms with van der Waals surface area (Å²) in [4.78, 5) is 18.5. The molecule has 0 bridgehead atoms. The number of aromatic amines is 1. The van der Waals surface area contributed by atoms with Gasteiger partial charge in [-0.2, -0.15) is 0 Å². The van der Waals surface area contributed by atoms with Gasteiger partial charge in [-0.15, -0.1) is 0 Å². The molecule has 3 aromatic rings. The second-order valence-electron chi connectivity index (χ2n) is 7.24. The Morgan fingerprint density at radius 3 is 2.38 bits per heavy atom. The second kappa shape index (κ2) is 8.07. The molecule has 152 valence electrons. The summed E-state index contributed by atoms with van der Waals surface area (Å²) in [5.74, 6) is 1.80. The van der Waals surface area contributed by atoms with Crippen LogP contribution < -0.4 is 14.2 Å². The molecule has 1 amide bonds. The Bertz CT molecular complexity index is 1020. The van der Waals surface area contributed by atoms with Crippen molar-refractivity contribution in [2.75, 3.05) is 34.4 Å². The van der Waals surface area contributed by atoms with Crippen LogP contribution in [0.1, 0.15) is 34.7 Å². The summed E-state index contributed by atoms with van der Waals surface area (Å²) in [5.41, 5.74) is 3.00. The van der Waals surface area contributed by atoms with Crippen molar-refractivity contribution in [1.82, 2.24) is 9.88 Å². The van der Waals surface area contributed by atoms with Gasteiger partial charge < -0.3 is 24.1 Å². The minimum absolute atomic E-state index is 0.0415. The molecule has 2 aromatic carbocycles. The number of likely N-dealkylation sites (tertiary alicyclic amines) is 1. The maximum Gasteiger partial charge on any atom is 0.257 e. The summed E-state index contributed by atoms with van der Waals surface area (Å²) in [6.45, 7) is 1.42. The third-order valence-electron chi connectivity index (χ3n) is 5.78. The number of ether oxygens (including phenoxy) is 3. The SMILES string of the molecule is COc1ccc(C(=O)N2CCC(c3c[nH]c4ccccc34)CC2)c(OC)c1OC. The van der Waals surface area contributed by atoms with E-state index in [-0.39, 0.29) is 5.91 Å². The topological polar surface area (TPSA) is 63.8 Å².